The van der Waals surface area contributed by atoms with Crippen molar-refractivity contribution in [3.05, 3.63) is 108 Å². The highest BCUT2D eigenvalue weighted by atomic mass is 16.5. The highest BCUT2D eigenvalue weighted by Crippen LogP contribution is 2.17. The van der Waals surface area contributed by atoms with Crippen LogP contribution >= 0.6 is 0 Å². The van der Waals surface area contributed by atoms with Crippen LogP contribution in [0, 0.1) is 0 Å². The minimum Gasteiger partial charge on any atom is -0.508 e. The Balaban J connectivity index is 1.57. The monoisotopic (exact) mass is 373 g/mol. The Kier molecular flexibility index (Phi) is 7.28. The fourth-order valence-corrected chi connectivity index (χ4v) is 3.10. The molecule has 0 saturated carbocycles. The zero-order valence-electron chi connectivity index (χ0n) is 16.1. The Bertz CT molecular complexity index is 859. The molecule has 3 rings (SSSR count). The molecule has 0 aromatic heterocycles. The number of phenolic OH excluding ortho intramolecular Hbond substituents is 1. The van der Waals surface area contributed by atoms with Gasteiger partial charge in [-0.15, -0.1) is 6.58 Å². The molecule has 0 aliphatic rings. The maximum Gasteiger partial charge on any atom is 0.120 e. The van der Waals surface area contributed by atoms with Crippen LogP contribution in [0.3, 0.4) is 0 Å². The third-order valence-corrected chi connectivity index (χ3v) is 4.59. The van der Waals surface area contributed by atoms with E-state index < -0.39 is 0 Å². The van der Waals surface area contributed by atoms with Gasteiger partial charge in [-0.2, -0.15) is 0 Å². The second-order valence-electron chi connectivity index (χ2n) is 6.86. The van der Waals surface area contributed by atoms with Crippen LogP contribution in [0.5, 0.6) is 11.5 Å². The number of ether oxygens (including phenoxy) is 1. The summed E-state index contributed by atoms with van der Waals surface area (Å²) in [4.78, 5) is 2.36. The van der Waals surface area contributed by atoms with Gasteiger partial charge in [0.05, 0.1) is 0 Å². The summed E-state index contributed by atoms with van der Waals surface area (Å²) in [6, 6.07) is 25.9. The molecule has 0 atom stereocenters. The molecule has 3 nitrogen and oxygen atoms in total. The van der Waals surface area contributed by atoms with Gasteiger partial charge in [0.1, 0.15) is 18.1 Å². The van der Waals surface area contributed by atoms with Crippen LogP contribution in [-0.4, -0.2) is 23.1 Å². The van der Waals surface area contributed by atoms with Crippen LogP contribution in [0.15, 0.2) is 91.5 Å². The second-order valence-corrected chi connectivity index (χ2v) is 6.86. The summed E-state index contributed by atoms with van der Waals surface area (Å²) < 4.78 is 5.95. The minimum absolute atomic E-state index is 0.305. The number of phenols is 1. The van der Waals surface area contributed by atoms with Crippen molar-refractivity contribution in [3.8, 4) is 11.5 Å². The molecule has 0 spiro atoms. The molecule has 0 bridgehead atoms. The molecule has 0 aliphatic carbocycles. The predicted molar refractivity (Wildman–Crippen MR) is 115 cm³/mol. The topological polar surface area (TPSA) is 32.7 Å². The lowest BCUT2D eigenvalue weighted by Gasteiger charge is -2.21. The average molecular weight is 373 g/mol. The molecule has 0 heterocycles. The standard InChI is InChI=1S/C25H27NO2/c1-2-16-26(17-15-21-11-13-24(27)14-12-21)19-23-9-6-10-25(18-23)28-20-22-7-4-3-5-8-22/h2-14,18,27H,1,15-17,19-20H2. The summed E-state index contributed by atoms with van der Waals surface area (Å²) in [5, 5.41) is 9.42. The largest absolute Gasteiger partial charge is 0.508 e. The van der Waals surface area contributed by atoms with Crippen LogP contribution in [-0.2, 0) is 19.6 Å². The second kappa shape index (κ2) is 10.3. The first kappa shape index (κ1) is 19.7. The van der Waals surface area contributed by atoms with Gasteiger partial charge >= 0.3 is 0 Å². The molecule has 3 heteroatoms. The molecule has 0 saturated heterocycles. The lowest BCUT2D eigenvalue weighted by molar-refractivity contribution is 0.292. The van der Waals surface area contributed by atoms with Crippen LogP contribution in [0.2, 0.25) is 0 Å². The molecular formula is C25H27NO2. The van der Waals surface area contributed by atoms with E-state index in [4.69, 9.17) is 4.74 Å². The summed E-state index contributed by atoms with van der Waals surface area (Å²) in [5.41, 5.74) is 3.60. The smallest absolute Gasteiger partial charge is 0.120 e. The van der Waals surface area contributed by atoms with E-state index in [0.29, 0.717) is 12.4 Å². The van der Waals surface area contributed by atoms with Crippen molar-refractivity contribution in [2.24, 2.45) is 0 Å². The Morgan fingerprint density at radius 1 is 0.857 bits per heavy atom. The van der Waals surface area contributed by atoms with Crippen molar-refractivity contribution in [2.75, 3.05) is 13.1 Å². The fraction of sp³-hybridized carbons (Fsp3) is 0.200. The van der Waals surface area contributed by atoms with E-state index in [1.807, 2.05) is 48.5 Å². The van der Waals surface area contributed by atoms with Gasteiger partial charge in [-0.3, -0.25) is 4.90 Å². The maximum atomic E-state index is 9.42. The van der Waals surface area contributed by atoms with Crippen LogP contribution in [0.4, 0.5) is 0 Å². The SMILES string of the molecule is C=CCN(CCc1ccc(O)cc1)Cc1cccc(OCc2ccccc2)c1. The van der Waals surface area contributed by atoms with E-state index in [0.717, 1.165) is 37.4 Å². The van der Waals surface area contributed by atoms with Gasteiger partial charge in [-0.1, -0.05) is 60.7 Å². The lowest BCUT2D eigenvalue weighted by Crippen LogP contribution is -2.25. The van der Waals surface area contributed by atoms with Crippen molar-refractivity contribution in [3.63, 3.8) is 0 Å². The Morgan fingerprint density at radius 2 is 1.61 bits per heavy atom. The van der Waals surface area contributed by atoms with Gasteiger partial charge in [-0.25, -0.2) is 0 Å². The van der Waals surface area contributed by atoms with Gasteiger partial charge in [0.2, 0.25) is 0 Å². The molecule has 3 aromatic carbocycles. The van der Waals surface area contributed by atoms with Gasteiger partial charge in [0.25, 0.3) is 0 Å². The average Bonchev–Trinajstić information content (AvgIpc) is 2.73. The number of benzene rings is 3. The Morgan fingerprint density at radius 3 is 2.36 bits per heavy atom. The highest BCUT2D eigenvalue weighted by molar-refractivity contribution is 5.29. The highest BCUT2D eigenvalue weighted by Gasteiger charge is 2.07. The molecule has 3 aromatic rings. The Labute approximate surface area is 167 Å². The molecule has 0 unspecified atom stereocenters. The van der Waals surface area contributed by atoms with E-state index in [9.17, 15) is 5.11 Å². The van der Waals surface area contributed by atoms with Crippen molar-refractivity contribution in [1.29, 1.82) is 0 Å². The molecule has 144 valence electrons. The van der Waals surface area contributed by atoms with E-state index in [2.05, 4.69) is 35.7 Å². The zero-order valence-corrected chi connectivity index (χ0v) is 16.1. The molecule has 0 aliphatic heterocycles. The number of hydrogen-bond donors (Lipinski definition) is 1. The minimum atomic E-state index is 0.305. The molecule has 28 heavy (non-hydrogen) atoms. The summed E-state index contributed by atoms with van der Waals surface area (Å²) >= 11 is 0. The zero-order chi connectivity index (χ0) is 19.6. The van der Waals surface area contributed by atoms with E-state index in [-0.39, 0.29) is 0 Å². The lowest BCUT2D eigenvalue weighted by atomic mass is 10.1. The summed E-state index contributed by atoms with van der Waals surface area (Å²) in [6.07, 6.45) is 2.87. The number of aromatic hydroxyl groups is 1. The number of hydrogen-bond acceptors (Lipinski definition) is 3. The van der Waals surface area contributed by atoms with Gasteiger partial charge in [0, 0.05) is 19.6 Å². The molecule has 1 N–H and O–H groups in total. The molecule has 0 fully saturated rings. The fourth-order valence-electron chi connectivity index (χ4n) is 3.10. The summed E-state index contributed by atoms with van der Waals surface area (Å²) in [6.45, 7) is 7.05. The Hall–Kier alpha value is -3.04. The van der Waals surface area contributed by atoms with Crippen molar-refractivity contribution >= 4 is 0 Å². The molecule has 0 amide bonds. The van der Waals surface area contributed by atoms with Gasteiger partial charge in [0.15, 0.2) is 0 Å². The van der Waals surface area contributed by atoms with E-state index >= 15 is 0 Å². The maximum absolute atomic E-state index is 9.42. The number of rotatable bonds is 10. The van der Waals surface area contributed by atoms with Crippen LogP contribution in [0.1, 0.15) is 16.7 Å². The summed E-state index contributed by atoms with van der Waals surface area (Å²) in [5.74, 6) is 1.19. The van der Waals surface area contributed by atoms with Gasteiger partial charge < -0.3 is 9.84 Å². The first-order valence-electron chi connectivity index (χ1n) is 9.60. The summed E-state index contributed by atoms with van der Waals surface area (Å²) in [7, 11) is 0. The van der Waals surface area contributed by atoms with Crippen molar-refractivity contribution in [2.45, 2.75) is 19.6 Å². The van der Waals surface area contributed by atoms with E-state index in [1.54, 1.807) is 12.1 Å². The predicted octanol–water partition coefficient (Wildman–Crippen LogP) is 5.20. The van der Waals surface area contributed by atoms with Crippen LogP contribution in [0.25, 0.3) is 0 Å². The first-order valence-corrected chi connectivity index (χ1v) is 9.60. The quantitative estimate of drug-likeness (QED) is 0.496. The van der Waals surface area contributed by atoms with Crippen molar-refractivity contribution < 1.29 is 9.84 Å². The first-order chi connectivity index (χ1) is 13.7. The van der Waals surface area contributed by atoms with Gasteiger partial charge in [-0.05, 0) is 47.4 Å². The third-order valence-electron chi connectivity index (χ3n) is 4.59. The van der Waals surface area contributed by atoms with E-state index in [1.165, 1.54) is 11.1 Å². The molecular weight excluding hydrogens is 346 g/mol. The molecule has 0 radical (unpaired) electrons. The third kappa shape index (κ3) is 6.29. The number of nitrogens with zero attached hydrogens (tertiary/aromatic N) is 1. The normalized spacial score (nSPS) is 10.8. The van der Waals surface area contributed by atoms with Crippen LogP contribution < -0.4 is 4.74 Å². The van der Waals surface area contributed by atoms with Crippen molar-refractivity contribution in [1.82, 2.24) is 4.90 Å².